The highest BCUT2D eigenvalue weighted by atomic mass is 16.5. The predicted octanol–water partition coefficient (Wildman–Crippen LogP) is 3.03. The van der Waals surface area contributed by atoms with Gasteiger partial charge in [-0.1, -0.05) is 60.7 Å². The molecule has 2 aromatic carbocycles. The van der Waals surface area contributed by atoms with Gasteiger partial charge in [0.05, 0.1) is 0 Å². The molecule has 0 N–H and O–H groups in total. The van der Waals surface area contributed by atoms with Crippen LogP contribution in [0.25, 0.3) is 0 Å². The van der Waals surface area contributed by atoms with Crippen LogP contribution in [-0.2, 0) is 20.9 Å². The summed E-state index contributed by atoms with van der Waals surface area (Å²) in [7, 11) is 0. The van der Waals surface area contributed by atoms with Crippen LogP contribution in [0, 0.1) is 5.92 Å². The maximum Gasteiger partial charge on any atom is 0.323 e. The number of ether oxygens (including phenoxy) is 1. The molecular weight excluding hydrogens is 314 g/mol. The third kappa shape index (κ3) is 4.15. The van der Waals surface area contributed by atoms with E-state index in [0.29, 0.717) is 13.1 Å². The summed E-state index contributed by atoms with van der Waals surface area (Å²) >= 11 is 0. The molecule has 0 aromatic heterocycles. The fraction of sp³-hybridized carbons (Fsp3) is 0.333. The molecular formula is C21H23NO3. The standard InChI is InChI=1S/C21H23NO3/c1-16(21(24)25-15-17-8-4-2-5-9-17)22-12-19(14-23)20(13-22)18-10-6-3-7-11-18/h2-11,14,16,19-20H,12-13,15H2,1H3/t16-,19-,20-/m1/s1. The van der Waals surface area contributed by atoms with Crippen molar-refractivity contribution in [1.82, 2.24) is 4.90 Å². The third-order valence-corrected chi connectivity index (χ3v) is 4.91. The van der Waals surface area contributed by atoms with Crippen molar-refractivity contribution < 1.29 is 14.3 Å². The predicted molar refractivity (Wildman–Crippen MR) is 96.0 cm³/mol. The van der Waals surface area contributed by atoms with Gasteiger partial charge in [0.25, 0.3) is 0 Å². The molecule has 1 aliphatic rings. The Morgan fingerprint density at radius 2 is 1.76 bits per heavy atom. The summed E-state index contributed by atoms with van der Waals surface area (Å²) in [6, 6.07) is 19.3. The van der Waals surface area contributed by atoms with E-state index in [1.807, 2.05) is 72.5 Å². The average molecular weight is 337 g/mol. The topological polar surface area (TPSA) is 46.6 Å². The van der Waals surface area contributed by atoms with Crippen LogP contribution in [0.2, 0.25) is 0 Å². The molecule has 1 saturated heterocycles. The molecule has 2 aromatic rings. The molecule has 0 amide bonds. The Morgan fingerprint density at radius 1 is 1.12 bits per heavy atom. The van der Waals surface area contributed by atoms with E-state index < -0.39 is 0 Å². The first kappa shape index (κ1) is 17.4. The smallest absolute Gasteiger partial charge is 0.323 e. The van der Waals surface area contributed by atoms with Crippen molar-refractivity contribution in [2.75, 3.05) is 13.1 Å². The van der Waals surface area contributed by atoms with Crippen LogP contribution in [-0.4, -0.2) is 36.3 Å². The Labute approximate surface area is 148 Å². The molecule has 4 heteroatoms. The zero-order valence-corrected chi connectivity index (χ0v) is 14.4. The number of hydrogen-bond donors (Lipinski definition) is 0. The summed E-state index contributed by atoms with van der Waals surface area (Å²) in [5.74, 6) is -0.211. The van der Waals surface area contributed by atoms with Crippen molar-refractivity contribution in [3.05, 3.63) is 71.8 Å². The second-order valence-electron chi connectivity index (χ2n) is 6.54. The Kier molecular flexibility index (Phi) is 5.61. The first-order valence-corrected chi connectivity index (χ1v) is 8.64. The lowest BCUT2D eigenvalue weighted by Crippen LogP contribution is -2.38. The van der Waals surface area contributed by atoms with Crippen molar-refractivity contribution in [2.45, 2.75) is 25.5 Å². The Hall–Kier alpha value is -2.46. The van der Waals surface area contributed by atoms with Gasteiger partial charge in [-0.2, -0.15) is 0 Å². The lowest BCUT2D eigenvalue weighted by Gasteiger charge is -2.22. The monoisotopic (exact) mass is 337 g/mol. The molecule has 3 rings (SSSR count). The second kappa shape index (κ2) is 8.08. The van der Waals surface area contributed by atoms with Crippen molar-refractivity contribution >= 4 is 12.3 Å². The normalized spacial score (nSPS) is 21.6. The van der Waals surface area contributed by atoms with Gasteiger partial charge >= 0.3 is 5.97 Å². The fourth-order valence-electron chi connectivity index (χ4n) is 3.37. The number of benzene rings is 2. The van der Waals surface area contributed by atoms with Crippen LogP contribution in [0.1, 0.15) is 24.0 Å². The fourth-order valence-corrected chi connectivity index (χ4v) is 3.37. The molecule has 4 nitrogen and oxygen atoms in total. The first-order valence-electron chi connectivity index (χ1n) is 8.64. The second-order valence-corrected chi connectivity index (χ2v) is 6.54. The highest BCUT2D eigenvalue weighted by molar-refractivity contribution is 5.75. The lowest BCUT2D eigenvalue weighted by molar-refractivity contribution is -0.150. The Morgan fingerprint density at radius 3 is 2.40 bits per heavy atom. The summed E-state index contributed by atoms with van der Waals surface area (Å²) in [6.07, 6.45) is 1.01. The third-order valence-electron chi connectivity index (χ3n) is 4.91. The van der Waals surface area contributed by atoms with E-state index in [4.69, 9.17) is 4.74 Å². The number of aldehydes is 1. The van der Waals surface area contributed by atoms with Crippen LogP contribution >= 0.6 is 0 Å². The van der Waals surface area contributed by atoms with Crippen LogP contribution in [0.3, 0.4) is 0 Å². The zero-order valence-electron chi connectivity index (χ0n) is 14.4. The number of likely N-dealkylation sites (tertiary alicyclic amines) is 1. The molecule has 0 aliphatic carbocycles. The van der Waals surface area contributed by atoms with Gasteiger partial charge < -0.3 is 9.53 Å². The number of esters is 1. The van der Waals surface area contributed by atoms with Crippen molar-refractivity contribution in [3.63, 3.8) is 0 Å². The molecule has 25 heavy (non-hydrogen) atoms. The van der Waals surface area contributed by atoms with Gasteiger partial charge in [-0.15, -0.1) is 0 Å². The summed E-state index contributed by atoms with van der Waals surface area (Å²) in [4.78, 5) is 25.9. The molecule has 1 heterocycles. The summed E-state index contributed by atoms with van der Waals surface area (Å²) in [6.45, 7) is 3.40. The zero-order chi connectivity index (χ0) is 17.6. The molecule has 0 saturated carbocycles. The first-order chi connectivity index (χ1) is 12.2. The minimum atomic E-state index is -0.361. The van der Waals surface area contributed by atoms with Gasteiger partial charge in [0.1, 0.15) is 18.9 Å². The van der Waals surface area contributed by atoms with Gasteiger partial charge in [-0.3, -0.25) is 9.69 Å². The molecule has 130 valence electrons. The van der Waals surface area contributed by atoms with E-state index in [-0.39, 0.29) is 30.5 Å². The van der Waals surface area contributed by atoms with E-state index in [0.717, 1.165) is 17.4 Å². The van der Waals surface area contributed by atoms with E-state index in [9.17, 15) is 9.59 Å². The molecule has 1 aliphatic heterocycles. The summed E-state index contributed by atoms with van der Waals surface area (Å²) in [5.41, 5.74) is 2.12. The summed E-state index contributed by atoms with van der Waals surface area (Å²) < 4.78 is 5.44. The molecule has 0 bridgehead atoms. The number of carbonyl (C=O) groups excluding carboxylic acids is 2. The molecule has 0 unspecified atom stereocenters. The largest absolute Gasteiger partial charge is 0.460 e. The van der Waals surface area contributed by atoms with Gasteiger partial charge in [0, 0.05) is 24.9 Å². The van der Waals surface area contributed by atoms with Crippen LogP contribution < -0.4 is 0 Å². The van der Waals surface area contributed by atoms with Crippen molar-refractivity contribution in [1.29, 1.82) is 0 Å². The minimum Gasteiger partial charge on any atom is -0.460 e. The van der Waals surface area contributed by atoms with E-state index >= 15 is 0 Å². The maximum atomic E-state index is 12.4. The SMILES string of the molecule is C[C@H](C(=O)OCc1ccccc1)N1C[C@H](c2ccccc2)[C@@H](C=O)C1. The Bertz CT molecular complexity index is 702. The van der Waals surface area contributed by atoms with Crippen molar-refractivity contribution in [3.8, 4) is 0 Å². The van der Waals surface area contributed by atoms with Gasteiger partial charge in [-0.05, 0) is 18.1 Å². The van der Waals surface area contributed by atoms with E-state index in [1.54, 1.807) is 0 Å². The van der Waals surface area contributed by atoms with E-state index in [1.165, 1.54) is 0 Å². The van der Waals surface area contributed by atoms with E-state index in [2.05, 4.69) is 0 Å². The highest BCUT2D eigenvalue weighted by Gasteiger charge is 2.37. The minimum absolute atomic E-state index is 0.0910. The number of rotatable bonds is 6. The van der Waals surface area contributed by atoms with Gasteiger partial charge in [0.15, 0.2) is 0 Å². The Balaban J connectivity index is 1.61. The van der Waals surface area contributed by atoms with Crippen LogP contribution in [0.5, 0.6) is 0 Å². The molecule has 3 atom stereocenters. The molecule has 1 fully saturated rings. The lowest BCUT2D eigenvalue weighted by atomic mass is 9.90. The summed E-state index contributed by atoms with van der Waals surface area (Å²) in [5, 5.41) is 0. The molecule has 0 radical (unpaired) electrons. The van der Waals surface area contributed by atoms with Gasteiger partial charge in [-0.25, -0.2) is 0 Å². The highest BCUT2D eigenvalue weighted by Crippen LogP contribution is 2.32. The maximum absolute atomic E-state index is 12.4. The average Bonchev–Trinajstić information content (AvgIpc) is 3.11. The number of nitrogens with zero attached hydrogens (tertiary/aromatic N) is 1. The quantitative estimate of drug-likeness (QED) is 0.600. The van der Waals surface area contributed by atoms with Gasteiger partial charge in [0.2, 0.25) is 0 Å². The number of hydrogen-bond acceptors (Lipinski definition) is 4. The van der Waals surface area contributed by atoms with Crippen LogP contribution in [0.4, 0.5) is 0 Å². The number of carbonyl (C=O) groups is 2. The van der Waals surface area contributed by atoms with Crippen molar-refractivity contribution in [2.24, 2.45) is 5.92 Å². The molecule has 0 spiro atoms. The van der Waals surface area contributed by atoms with Crippen LogP contribution in [0.15, 0.2) is 60.7 Å².